The third-order valence-corrected chi connectivity index (χ3v) is 5.58. The summed E-state index contributed by atoms with van der Waals surface area (Å²) >= 11 is 6.39. The zero-order chi connectivity index (χ0) is 20.4. The Kier molecular flexibility index (Phi) is 5.80. The van der Waals surface area contributed by atoms with Gasteiger partial charge >= 0.3 is 0 Å². The molecule has 0 saturated carbocycles. The number of nitrogens with zero attached hydrogens (tertiary/aromatic N) is 1. The maximum absolute atomic E-state index is 14.5. The maximum Gasteiger partial charge on any atom is 0.252 e. The number of fused-ring (bicyclic) bond motifs is 1. The molecule has 2 aromatic carbocycles. The Hall–Kier alpha value is -2.48. The highest BCUT2D eigenvalue weighted by atomic mass is 35.5. The van der Waals surface area contributed by atoms with Gasteiger partial charge < -0.3 is 15.0 Å². The van der Waals surface area contributed by atoms with Crippen molar-refractivity contribution >= 4 is 28.4 Å². The molecule has 2 heterocycles. The number of nitrogens with one attached hydrogen (secondary N) is 2. The molecule has 2 N–H and O–H groups in total. The SMILES string of the molecule is O=C(NCC(c1ccc(F)cc1F)N1CCOCC1)c1ccc2[nH]ccc2c1Cl. The predicted octanol–water partition coefficient (Wildman–Crippen LogP) is 3.90. The first kappa shape index (κ1) is 19.8. The van der Waals surface area contributed by atoms with Crippen molar-refractivity contribution in [2.45, 2.75) is 6.04 Å². The van der Waals surface area contributed by atoms with Crippen LogP contribution in [0.15, 0.2) is 42.6 Å². The molecular formula is C21H20ClF2N3O2. The summed E-state index contributed by atoms with van der Waals surface area (Å²) in [5, 5.41) is 3.97. The summed E-state index contributed by atoms with van der Waals surface area (Å²) in [5.41, 5.74) is 1.52. The molecule has 1 fully saturated rings. The lowest BCUT2D eigenvalue weighted by Gasteiger charge is -2.35. The Bertz CT molecular complexity index is 1030. The number of H-pyrrole nitrogens is 1. The minimum atomic E-state index is -0.637. The van der Waals surface area contributed by atoms with Crippen LogP contribution >= 0.6 is 11.6 Å². The number of benzene rings is 2. The molecule has 0 bridgehead atoms. The molecule has 29 heavy (non-hydrogen) atoms. The Balaban J connectivity index is 1.56. The van der Waals surface area contributed by atoms with E-state index in [1.165, 1.54) is 12.1 Å². The van der Waals surface area contributed by atoms with Crippen molar-refractivity contribution in [3.8, 4) is 0 Å². The molecule has 1 atom stereocenters. The van der Waals surface area contributed by atoms with Crippen molar-refractivity contribution in [2.24, 2.45) is 0 Å². The second-order valence-corrected chi connectivity index (χ2v) is 7.28. The van der Waals surface area contributed by atoms with Gasteiger partial charge in [0, 0.05) is 48.4 Å². The van der Waals surface area contributed by atoms with Gasteiger partial charge in [0.1, 0.15) is 11.6 Å². The van der Waals surface area contributed by atoms with Gasteiger partial charge in [-0.3, -0.25) is 9.69 Å². The monoisotopic (exact) mass is 419 g/mol. The van der Waals surface area contributed by atoms with Gasteiger partial charge in [-0.1, -0.05) is 17.7 Å². The van der Waals surface area contributed by atoms with E-state index in [9.17, 15) is 13.6 Å². The summed E-state index contributed by atoms with van der Waals surface area (Å²) in [6, 6.07) is 8.31. The van der Waals surface area contributed by atoms with Crippen molar-refractivity contribution in [1.29, 1.82) is 0 Å². The molecule has 4 rings (SSSR count). The Morgan fingerprint density at radius 3 is 2.76 bits per heavy atom. The fourth-order valence-corrected chi connectivity index (χ4v) is 3.97. The number of hydrogen-bond acceptors (Lipinski definition) is 3. The first-order valence-electron chi connectivity index (χ1n) is 9.35. The lowest BCUT2D eigenvalue weighted by molar-refractivity contribution is 0.0155. The molecule has 1 aliphatic rings. The molecule has 1 saturated heterocycles. The van der Waals surface area contributed by atoms with Gasteiger partial charge in [0.05, 0.1) is 29.8 Å². The van der Waals surface area contributed by atoms with E-state index in [2.05, 4.69) is 10.3 Å². The van der Waals surface area contributed by atoms with Gasteiger partial charge in [-0.15, -0.1) is 0 Å². The number of amides is 1. The van der Waals surface area contributed by atoms with E-state index in [1.54, 1.807) is 24.4 Å². The summed E-state index contributed by atoms with van der Waals surface area (Å²) in [6.45, 7) is 2.37. The smallest absolute Gasteiger partial charge is 0.252 e. The molecular weight excluding hydrogens is 400 g/mol. The van der Waals surface area contributed by atoms with Crippen LogP contribution in [-0.2, 0) is 4.74 Å². The molecule has 0 radical (unpaired) electrons. The number of carbonyl (C=O) groups is 1. The third-order valence-electron chi connectivity index (χ3n) is 5.18. The van der Waals surface area contributed by atoms with Gasteiger partial charge in [-0.25, -0.2) is 8.78 Å². The number of hydrogen-bond donors (Lipinski definition) is 2. The number of aromatic amines is 1. The highest BCUT2D eigenvalue weighted by Gasteiger charge is 2.26. The van der Waals surface area contributed by atoms with Crippen molar-refractivity contribution in [2.75, 3.05) is 32.8 Å². The minimum absolute atomic E-state index is 0.156. The molecule has 1 aliphatic heterocycles. The molecule has 0 spiro atoms. The van der Waals surface area contributed by atoms with Crippen LogP contribution in [0, 0.1) is 11.6 Å². The van der Waals surface area contributed by atoms with E-state index in [1.807, 2.05) is 4.90 Å². The standard InChI is InChI=1S/C21H20ClF2N3O2/c22-20-15-5-6-25-18(15)4-3-16(20)21(28)26-12-19(27-7-9-29-10-8-27)14-2-1-13(23)11-17(14)24/h1-6,11,19,25H,7-10,12H2,(H,26,28). The zero-order valence-corrected chi connectivity index (χ0v) is 16.3. The summed E-state index contributed by atoms with van der Waals surface area (Å²) in [7, 11) is 0. The normalized spacial score (nSPS) is 16.1. The largest absolute Gasteiger partial charge is 0.379 e. The van der Waals surface area contributed by atoms with Crippen LogP contribution < -0.4 is 5.32 Å². The van der Waals surface area contributed by atoms with Crippen LogP contribution in [0.3, 0.4) is 0 Å². The van der Waals surface area contributed by atoms with E-state index in [-0.39, 0.29) is 12.5 Å². The van der Waals surface area contributed by atoms with Gasteiger partial charge in [0.15, 0.2) is 0 Å². The molecule has 5 nitrogen and oxygen atoms in total. The summed E-state index contributed by atoms with van der Waals surface area (Å²) in [5.74, 6) is -1.62. The van der Waals surface area contributed by atoms with Crippen LogP contribution in [0.4, 0.5) is 8.78 Å². The second-order valence-electron chi connectivity index (χ2n) is 6.91. The van der Waals surface area contributed by atoms with Gasteiger partial charge in [-0.2, -0.15) is 0 Å². The second kappa shape index (κ2) is 8.49. The zero-order valence-electron chi connectivity index (χ0n) is 15.6. The average molecular weight is 420 g/mol. The minimum Gasteiger partial charge on any atom is -0.379 e. The molecule has 1 unspecified atom stereocenters. The van der Waals surface area contributed by atoms with Crippen LogP contribution in [-0.4, -0.2) is 48.6 Å². The van der Waals surface area contributed by atoms with E-state index >= 15 is 0 Å². The fraction of sp³-hybridized carbons (Fsp3) is 0.286. The van der Waals surface area contributed by atoms with Crippen LogP contribution in [0.25, 0.3) is 10.9 Å². The van der Waals surface area contributed by atoms with Crippen molar-refractivity contribution in [3.63, 3.8) is 0 Å². The van der Waals surface area contributed by atoms with Crippen LogP contribution in [0.2, 0.25) is 5.02 Å². The number of rotatable bonds is 5. The number of morpholine rings is 1. The maximum atomic E-state index is 14.5. The molecule has 152 valence electrons. The van der Waals surface area contributed by atoms with Crippen molar-refractivity contribution in [1.82, 2.24) is 15.2 Å². The Morgan fingerprint density at radius 2 is 2.00 bits per heavy atom. The topological polar surface area (TPSA) is 57.4 Å². The number of aromatic nitrogens is 1. The van der Waals surface area contributed by atoms with Gasteiger partial charge in [0.2, 0.25) is 0 Å². The Labute approximate surface area is 171 Å². The highest BCUT2D eigenvalue weighted by Crippen LogP contribution is 2.28. The first-order valence-corrected chi connectivity index (χ1v) is 9.73. The molecule has 3 aromatic rings. The number of carbonyl (C=O) groups excluding carboxylic acids is 1. The predicted molar refractivity (Wildman–Crippen MR) is 107 cm³/mol. The van der Waals surface area contributed by atoms with Gasteiger partial charge in [0.25, 0.3) is 5.91 Å². The molecule has 1 aromatic heterocycles. The lowest BCUT2D eigenvalue weighted by atomic mass is 10.0. The van der Waals surface area contributed by atoms with Gasteiger partial charge in [-0.05, 0) is 24.3 Å². The number of ether oxygens (including phenoxy) is 1. The summed E-state index contributed by atoms with van der Waals surface area (Å²) < 4.78 is 33.2. The molecule has 1 amide bonds. The quantitative estimate of drug-likeness (QED) is 0.659. The van der Waals surface area contributed by atoms with E-state index in [0.29, 0.717) is 42.5 Å². The lowest BCUT2D eigenvalue weighted by Crippen LogP contribution is -2.44. The van der Waals surface area contributed by atoms with Crippen molar-refractivity contribution in [3.05, 3.63) is 70.4 Å². The fourth-order valence-electron chi connectivity index (χ4n) is 3.65. The number of halogens is 3. The summed E-state index contributed by atoms with van der Waals surface area (Å²) in [4.78, 5) is 17.9. The average Bonchev–Trinajstić information content (AvgIpc) is 3.20. The molecule has 8 heteroatoms. The van der Waals surface area contributed by atoms with Crippen molar-refractivity contribution < 1.29 is 18.3 Å². The Morgan fingerprint density at radius 1 is 1.21 bits per heavy atom. The molecule has 0 aliphatic carbocycles. The van der Waals surface area contributed by atoms with Crippen LogP contribution in [0.5, 0.6) is 0 Å². The van der Waals surface area contributed by atoms with Crippen LogP contribution in [0.1, 0.15) is 22.0 Å². The summed E-state index contributed by atoms with van der Waals surface area (Å²) in [6.07, 6.45) is 1.75. The van der Waals surface area contributed by atoms with E-state index in [4.69, 9.17) is 16.3 Å². The van der Waals surface area contributed by atoms with E-state index < -0.39 is 17.7 Å². The third kappa shape index (κ3) is 4.12. The van der Waals surface area contributed by atoms with E-state index in [0.717, 1.165) is 17.0 Å². The highest BCUT2D eigenvalue weighted by molar-refractivity contribution is 6.38. The first-order chi connectivity index (χ1) is 14.0.